The van der Waals surface area contributed by atoms with Crippen molar-refractivity contribution in [2.24, 2.45) is 0 Å². The Hall–Kier alpha value is -1.18. The summed E-state index contributed by atoms with van der Waals surface area (Å²) in [6.45, 7) is 4.53. The average Bonchev–Trinajstić information content (AvgIpc) is 2.97. The maximum atomic E-state index is 12.0. The summed E-state index contributed by atoms with van der Waals surface area (Å²) >= 11 is 0. The minimum Gasteiger partial charge on any atom is -0.440 e. The lowest BCUT2D eigenvalue weighted by Gasteiger charge is -2.20. The Kier molecular flexibility index (Phi) is 4.38. The molecule has 2 rings (SSSR count). The molecule has 0 aliphatic carbocycles. The van der Waals surface area contributed by atoms with Crippen molar-refractivity contribution in [3.63, 3.8) is 0 Å². The van der Waals surface area contributed by atoms with E-state index in [1.54, 1.807) is 0 Å². The number of hydrogen-bond acceptors (Lipinski definition) is 5. The maximum Gasteiger partial charge on any atom is 0.274 e. The van der Waals surface area contributed by atoms with E-state index < -0.39 is 10.0 Å². The van der Waals surface area contributed by atoms with E-state index in [1.807, 2.05) is 6.92 Å². The molecule has 106 valence electrons. The zero-order valence-electron chi connectivity index (χ0n) is 10.8. The van der Waals surface area contributed by atoms with Crippen LogP contribution < -0.4 is 4.72 Å². The maximum absolute atomic E-state index is 12.0. The Bertz CT molecular complexity index is 532. The molecule has 1 aromatic rings. The fraction of sp³-hybridized carbons (Fsp3) is 0.583. The Labute approximate surface area is 112 Å². The topological polar surface area (TPSA) is 79.6 Å². The number of carbonyl (C=O) groups is 1. The van der Waals surface area contributed by atoms with Crippen LogP contribution in [0.5, 0.6) is 0 Å². The number of furan rings is 1. The molecule has 0 spiro atoms. The highest BCUT2D eigenvalue weighted by Crippen LogP contribution is 2.14. The third-order valence-electron chi connectivity index (χ3n) is 3.07. The van der Waals surface area contributed by atoms with Crippen molar-refractivity contribution >= 4 is 16.3 Å². The van der Waals surface area contributed by atoms with Crippen molar-refractivity contribution in [1.29, 1.82) is 0 Å². The SMILES string of the molecule is CC(CN1CCCC1)NS(=O)(=O)c1ccc(C=O)o1. The van der Waals surface area contributed by atoms with Crippen LogP contribution in [0.2, 0.25) is 0 Å². The Balaban J connectivity index is 1.97. The van der Waals surface area contributed by atoms with E-state index in [2.05, 4.69) is 9.62 Å². The van der Waals surface area contributed by atoms with Crippen LogP contribution in [0, 0.1) is 0 Å². The monoisotopic (exact) mass is 286 g/mol. The molecule has 19 heavy (non-hydrogen) atoms. The molecule has 1 unspecified atom stereocenters. The summed E-state index contributed by atoms with van der Waals surface area (Å²) in [5.41, 5.74) is 0. The number of nitrogens with one attached hydrogen (secondary N) is 1. The highest BCUT2D eigenvalue weighted by atomic mass is 32.2. The van der Waals surface area contributed by atoms with Gasteiger partial charge in [0.2, 0.25) is 5.09 Å². The molecular weight excluding hydrogens is 268 g/mol. The third kappa shape index (κ3) is 3.65. The van der Waals surface area contributed by atoms with Gasteiger partial charge in [0.25, 0.3) is 10.0 Å². The molecule has 1 aliphatic rings. The van der Waals surface area contributed by atoms with Crippen LogP contribution in [0.3, 0.4) is 0 Å². The number of hydrogen-bond donors (Lipinski definition) is 1. The summed E-state index contributed by atoms with van der Waals surface area (Å²) in [7, 11) is -3.69. The van der Waals surface area contributed by atoms with Crippen LogP contribution >= 0.6 is 0 Å². The molecule has 1 atom stereocenters. The lowest BCUT2D eigenvalue weighted by Crippen LogP contribution is -2.40. The van der Waals surface area contributed by atoms with Gasteiger partial charge in [-0.15, -0.1) is 0 Å². The zero-order chi connectivity index (χ0) is 13.9. The predicted octanol–water partition coefficient (Wildman–Crippen LogP) is 0.855. The zero-order valence-corrected chi connectivity index (χ0v) is 11.6. The van der Waals surface area contributed by atoms with Gasteiger partial charge in [-0.3, -0.25) is 4.79 Å². The molecule has 0 aromatic carbocycles. The van der Waals surface area contributed by atoms with Gasteiger partial charge in [-0.1, -0.05) is 0 Å². The average molecular weight is 286 g/mol. The van der Waals surface area contributed by atoms with Crippen molar-refractivity contribution < 1.29 is 17.6 Å². The summed E-state index contributed by atoms with van der Waals surface area (Å²) < 4.78 is 31.5. The second kappa shape index (κ2) is 5.85. The number of carbonyl (C=O) groups excluding carboxylic acids is 1. The molecule has 1 aliphatic heterocycles. The number of sulfonamides is 1. The van der Waals surface area contributed by atoms with E-state index in [-0.39, 0.29) is 16.9 Å². The second-order valence-corrected chi connectivity index (χ2v) is 6.45. The van der Waals surface area contributed by atoms with Crippen molar-refractivity contribution in [3.8, 4) is 0 Å². The Morgan fingerprint density at radius 2 is 2.11 bits per heavy atom. The standard InChI is InChI=1S/C12H18N2O4S/c1-10(8-14-6-2-3-7-14)13-19(16,17)12-5-4-11(9-15)18-12/h4-5,9-10,13H,2-3,6-8H2,1H3. The number of rotatable bonds is 6. The molecule has 0 saturated carbocycles. The van der Waals surface area contributed by atoms with E-state index in [0.29, 0.717) is 12.8 Å². The molecule has 1 N–H and O–H groups in total. The van der Waals surface area contributed by atoms with E-state index in [4.69, 9.17) is 4.42 Å². The number of aldehydes is 1. The van der Waals surface area contributed by atoms with Gasteiger partial charge in [0.1, 0.15) is 0 Å². The van der Waals surface area contributed by atoms with Crippen LogP contribution in [0.15, 0.2) is 21.6 Å². The molecule has 7 heteroatoms. The first-order chi connectivity index (χ1) is 9.01. The Morgan fingerprint density at radius 1 is 1.42 bits per heavy atom. The third-order valence-corrected chi connectivity index (χ3v) is 4.53. The minimum absolute atomic E-state index is 0.00701. The van der Waals surface area contributed by atoms with Gasteiger partial charge < -0.3 is 9.32 Å². The summed E-state index contributed by atoms with van der Waals surface area (Å²) in [6.07, 6.45) is 2.81. The highest BCUT2D eigenvalue weighted by Gasteiger charge is 2.23. The first-order valence-corrected chi connectivity index (χ1v) is 7.79. The predicted molar refractivity (Wildman–Crippen MR) is 69.6 cm³/mol. The Morgan fingerprint density at radius 3 is 2.68 bits per heavy atom. The smallest absolute Gasteiger partial charge is 0.274 e. The molecule has 6 nitrogen and oxygen atoms in total. The lowest BCUT2D eigenvalue weighted by molar-refractivity contribution is 0.109. The lowest BCUT2D eigenvalue weighted by atomic mass is 10.3. The van der Waals surface area contributed by atoms with Crippen LogP contribution in [-0.4, -0.2) is 45.3 Å². The molecule has 2 heterocycles. The summed E-state index contributed by atoms with van der Waals surface area (Å²) in [5, 5.41) is -0.220. The van der Waals surface area contributed by atoms with Gasteiger partial charge in [-0.05, 0) is 45.0 Å². The molecule has 1 fully saturated rings. The summed E-state index contributed by atoms with van der Waals surface area (Å²) in [4.78, 5) is 12.7. The van der Waals surface area contributed by atoms with Gasteiger partial charge in [0, 0.05) is 12.6 Å². The van der Waals surface area contributed by atoms with E-state index in [9.17, 15) is 13.2 Å². The van der Waals surface area contributed by atoms with Gasteiger partial charge in [-0.25, -0.2) is 13.1 Å². The van der Waals surface area contributed by atoms with Crippen LogP contribution in [0.4, 0.5) is 0 Å². The number of nitrogens with zero attached hydrogens (tertiary/aromatic N) is 1. The summed E-state index contributed by atoms with van der Waals surface area (Å²) in [5.74, 6) is 0.00701. The van der Waals surface area contributed by atoms with Crippen molar-refractivity contribution in [3.05, 3.63) is 17.9 Å². The first-order valence-electron chi connectivity index (χ1n) is 6.31. The fourth-order valence-electron chi connectivity index (χ4n) is 2.25. The molecular formula is C12H18N2O4S. The van der Waals surface area contributed by atoms with Gasteiger partial charge in [0.05, 0.1) is 0 Å². The van der Waals surface area contributed by atoms with Crippen molar-refractivity contribution in [1.82, 2.24) is 9.62 Å². The van der Waals surface area contributed by atoms with E-state index in [1.165, 1.54) is 25.0 Å². The van der Waals surface area contributed by atoms with Crippen molar-refractivity contribution in [2.75, 3.05) is 19.6 Å². The van der Waals surface area contributed by atoms with Crippen LogP contribution in [0.25, 0.3) is 0 Å². The molecule has 0 bridgehead atoms. The molecule has 0 amide bonds. The van der Waals surface area contributed by atoms with E-state index in [0.717, 1.165) is 13.1 Å². The summed E-state index contributed by atoms with van der Waals surface area (Å²) in [6, 6.07) is 2.43. The largest absolute Gasteiger partial charge is 0.440 e. The van der Waals surface area contributed by atoms with Gasteiger partial charge >= 0.3 is 0 Å². The minimum atomic E-state index is -3.69. The fourth-order valence-corrected chi connectivity index (χ4v) is 3.43. The molecule has 1 aromatic heterocycles. The first kappa shape index (κ1) is 14.2. The van der Waals surface area contributed by atoms with Gasteiger partial charge in [-0.2, -0.15) is 0 Å². The van der Waals surface area contributed by atoms with Crippen LogP contribution in [0.1, 0.15) is 30.3 Å². The molecule has 0 radical (unpaired) electrons. The highest BCUT2D eigenvalue weighted by molar-refractivity contribution is 7.89. The van der Waals surface area contributed by atoms with Gasteiger partial charge in [0.15, 0.2) is 12.0 Å². The normalized spacial score (nSPS) is 18.6. The molecule has 1 saturated heterocycles. The quantitative estimate of drug-likeness (QED) is 0.784. The van der Waals surface area contributed by atoms with E-state index >= 15 is 0 Å². The van der Waals surface area contributed by atoms with Crippen LogP contribution in [-0.2, 0) is 10.0 Å². The van der Waals surface area contributed by atoms with Crippen molar-refractivity contribution in [2.45, 2.75) is 30.9 Å². The second-order valence-electron chi connectivity index (χ2n) is 4.80. The number of likely N-dealkylation sites (tertiary alicyclic amines) is 1.